The molecule has 0 spiro atoms. The maximum Gasteiger partial charge on any atom is 0.271 e. The average molecular weight is 346 g/mol. The van der Waals surface area contributed by atoms with Crippen molar-refractivity contribution in [2.45, 2.75) is 18.7 Å². The Bertz CT molecular complexity index is 1130. The Hall–Kier alpha value is -2.67. The molecule has 0 aliphatic heterocycles. The number of hydrogen-bond acceptors (Lipinski definition) is 4. The van der Waals surface area contributed by atoms with Crippen LogP contribution in [0.15, 0.2) is 52.2 Å². The number of fused-ring (bicyclic) bond motifs is 1. The summed E-state index contributed by atoms with van der Waals surface area (Å²) in [4.78, 5) is 12.4. The van der Waals surface area contributed by atoms with E-state index in [4.69, 9.17) is 5.73 Å². The van der Waals surface area contributed by atoms with Crippen LogP contribution in [-0.2, 0) is 10.0 Å². The molecule has 0 amide bonds. The van der Waals surface area contributed by atoms with Gasteiger partial charge in [0, 0.05) is 11.3 Å². The Labute approximate surface area is 138 Å². The van der Waals surface area contributed by atoms with Crippen molar-refractivity contribution in [1.82, 2.24) is 3.97 Å². The average Bonchev–Trinajstić information content (AvgIpc) is 2.48. The summed E-state index contributed by atoms with van der Waals surface area (Å²) < 4.78 is 40.2. The van der Waals surface area contributed by atoms with Crippen molar-refractivity contribution in [3.63, 3.8) is 0 Å². The van der Waals surface area contributed by atoms with E-state index in [1.807, 2.05) is 0 Å². The van der Waals surface area contributed by atoms with Gasteiger partial charge in [0.15, 0.2) is 0 Å². The van der Waals surface area contributed by atoms with E-state index in [9.17, 15) is 17.6 Å². The van der Waals surface area contributed by atoms with Crippen LogP contribution in [0.4, 0.5) is 10.1 Å². The topological polar surface area (TPSA) is 82.2 Å². The van der Waals surface area contributed by atoms with Gasteiger partial charge in [-0.2, -0.15) is 3.97 Å². The summed E-state index contributed by atoms with van der Waals surface area (Å²) in [6.07, 6.45) is 0. The van der Waals surface area contributed by atoms with Crippen molar-refractivity contribution < 1.29 is 12.8 Å². The van der Waals surface area contributed by atoms with Gasteiger partial charge in [0.05, 0.1) is 10.4 Å². The van der Waals surface area contributed by atoms with E-state index in [0.717, 1.165) is 22.2 Å². The van der Waals surface area contributed by atoms with Gasteiger partial charge in [-0.3, -0.25) is 4.79 Å². The summed E-state index contributed by atoms with van der Waals surface area (Å²) in [7, 11) is -4.20. The Kier molecular flexibility index (Phi) is 3.68. The number of nitrogen functional groups attached to an aromatic ring is 1. The molecule has 0 atom stereocenters. The molecule has 2 N–H and O–H groups in total. The van der Waals surface area contributed by atoms with Crippen molar-refractivity contribution in [1.29, 1.82) is 0 Å². The summed E-state index contributed by atoms with van der Waals surface area (Å²) in [5.74, 6) is -0.544. The highest BCUT2D eigenvalue weighted by Crippen LogP contribution is 2.24. The lowest BCUT2D eigenvalue weighted by molar-refractivity contribution is 0.585. The molecule has 2 aromatic carbocycles. The number of hydrogen-bond donors (Lipinski definition) is 1. The number of benzene rings is 2. The number of rotatable bonds is 2. The minimum absolute atomic E-state index is 0.125. The normalized spacial score (nSPS) is 11.8. The highest BCUT2D eigenvalue weighted by molar-refractivity contribution is 7.90. The summed E-state index contributed by atoms with van der Waals surface area (Å²) >= 11 is 0. The quantitative estimate of drug-likeness (QED) is 0.723. The molecule has 0 bridgehead atoms. The minimum atomic E-state index is -4.20. The van der Waals surface area contributed by atoms with Crippen LogP contribution in [0.3, 0.4) is 0 Å². The van der Waals surface area contributed by atoms with Crippen molar-refractivity contribution in [3.8, 4) is 0 Å². The number of nitrogens with two attached hydrogens (primary N) is 1. The molecule has 5 nitrogen and oxygen atoms in total. The minimum Gasteiger partial charge on any atom is -0.399 e. The fraction of sp³-hybridized carbons (Fsp3) is 0.118. The number of nitrogens with zero attached hydrogens (tertiary/aromatic N) is 1. The monoisotopic (exact) mass is 346 g/mol. The van der Waals surface area contributed by atoms with E-state index in [1.54, 1.807) is 25.1 Å². The number of halogens is 1. The molecule has 0 fully saturated rings. The molecule has 1 heterocycles. The molecule has 7 heteroatoms. The zero-order valence-electron chi connectivity index (χ0n) is 13.1. The first-order valence-corrected chi connectivity index (χ1v) is 8.59. The van der Waals surface area contributed by atoms with Gasteiger partial charge in [0.1, 0.15) is 5.82 Å². The van der Waals surface area contributed by atoms with Gasteiger partial charge in [-0.1, -0.05) is 6.07 Å². The zero-order valence-corrected chi connectivity index (χ0v) is 13.9. The second kappa shape index (κ2) is 5.45. The molecule has 24 heavy (non-hydrogen) atoms. The Morgan fingerprint density at radius 2 is 1.71 bits per heavy atom. The molecule has 1 aromatic heterocycles. The molecule has 0 saturated heterocycles. The van der Waals surface area contributed by atoms with Crippen LogP contribution in [0.1, 0.15) is 11.1 Å². The predicted octanol–water partition coefficient (Wildman–Crippen LogP) is 2.58. The van der Waals surface area contributed by atoms with Crippen LogP contribution < -0.4 is 11.3 Å². The van der Waals surface area contributed by atoms with Gasteiger partial charge >= 0.3 is 0 Å². The van der Waals surface area contributed by atoms with Gasteiger partial charge < -0.3 is 5.73 Å². The molecule has 0 aliphatic rings. The van der Waals surface area contributed by atoms with E-state index >= 15 is 0 Å². The van der Waals surface area contributed by atoms with Crippen LogP contribution in [-0.4, -0.2) is 12.4 Å². The van der Waals surface area contributed by atoms with Gasteiger partial charge in [-0.15, -0.1) is 0 Å². The van der Waals surface area contributed by atoms with Gasteiger partial charge in [0.2, 0.25) is 0 Å². The predicted molar refractivity (Wildman–Crippen MR) is 91.1 cm³/mol. The number of aryl methyl sites for hydroxylation is 2. The van der Waals surface area contributed by atoms with E-state index in [0.29, 0.717) is 11.1 Å². The van der Waals surface area contributed by atoms with Crippen molar-refractivity contribution >= 4 is 26.6 Å². The van der Waals surface area contributed by atoms with Crippen molar-refractivity contribution in [3.05, 3.63) is 69.8 Å². The second-order valence-corrected chi connectivity index (χ2v) is 7.39. The molecule has 3 aromatic rings. The summed E-state index contributed by atoms with van der Waals surface area (Å²) in [5, 5.41) is 0.574. The molecule has 0 radical (unpaired) electrons. The van der Waals surface area contributed by atoms with E-state index in [2.05, 4.69) is 0 Å². The smallest absolute Gasteiger partial charge is 0.271 e. The first kappa shape index (κ1) is 16.2. The molecule has 124 valence electrons. The Morgan fingerprint density at radius 3 is 2.38 bits per heavy atom. The first-order valence-electron chi connectivity index (χ1n) is 7.15. The summed E-state index contributed by atoms with van der Waals surface area (Å²) in [6, 6.07) is 9.66. The fourth-order valence-corrected chi connectivity index (χ4v) is 4.34. The second-order valence-electron chi connectivity index (χ2n) is 5.63. The van der Waals surface area contributed by atoms with Crippen LogP contribution in [0.2, 0.25) is 0 Å². The Morgan fingerprint density at radius 1 is 1.00 bits per heavy atom. The van der Waals surface area contributed by atoms with E-state index in [1.165, 1.54) is 13.0 Å². The molecule has 3 rings (SSSR count). The standard InChI is InChI=1S/C17H15FN2O3S/c1-10-8-13(18)4-6-16(10)24(22,23)20-15-9-14(19)5-3-12(15)7-11(2)17(20)21/h3-9H,19H2,1-2H3. The van der Waals surface area contributed by atoms with Crippen LogP contribution in [0.5, 0.6) is 0 Å². The maximum absolute atomic E-state index is 13.3. The molecule has 0 saturated carbocycles. The largest absolute Gasteiger partial charge is 0.399 e. The third kappa shape index (κ3) is 2.46. The van der Waals surface area contributed by atoms with Crippen molar-refractivity contribution in [2.75, 3.05) is 5.73 Å². The molecular formula is C17H15FN2O3S. The lowest BCUT2D eigenvalue weighted by Crippen LogP contribution is -2.29. The van der Waals surface area contributed by atoms with Gasteiger partial charge in [-0.25, -0.2) is 12.8 Å². The van der Waals surface area contributed by atoms with Gasteiger partial charge in [0.25, 0.3) is 15.6 Å². The Balaban J connectivity index is 2.46. The van der Waals surface area contributed by atoms with Crippen LogP contribution in [0.25, 0.3) is 10.9 Å². The lowest BCUT2D eigenvalue weighted by Gasteiger charge is -2.14. The third-order valence-corrected chi connectivity index (χ3v) is 5.68. The first-order chi connectivity index (χ1) is 11.2. The zero-order chi connectivity index (χ0) is 17.6. The summed E-state index contributed by atoms with van der Waals surface area (Å²) in [6.45, 7) is 3.02. The molecule has 0 aliphatic carbocycles. The van der Waals surface area contributed by atoms with Gasteiger partial charge in [-0.05, 0) is 61.2 Å². The lowest BCUT2D eigenvalue weighted by atomic mass is 10.1. The fourth-order valence-electron chi connectivity index (χ4n) is 2.66. The number of anilines is 1. The molecular weight excluding hydrogens is 331 g/mol. The summed E-state index contributed by atoms with van der Waals surface area (Å²) in [5.41, 5.74) is 6.14. The van der Waals surface area contributed by atoms with E-state index in [-0.39, 0.29) is 21.5 Å². The van der Waals surface area contributed by atoms with Crippen molar-refractivity contribution in [2.24, 2.45) is 0 Å². The van der Waals surface area contributed by atoms with E-state index < -0.39 is 21.4 Å². The third-order valence-electron chi connectivity index (χ3n) is 3.82. The van der Waals surface area contributed by atoms with Crippen LogP contribution >= 0.6 is 0 Å². The molecule has 0 unspecified atom stereocenters. The SMILES string of the molecule is Cc1cc(F)ccc1S(=O)(=O)n1c(=O)c(C)cc2ccc(N)cc21. The highest BCUT2D eigenvalue weighted by Gasteiger charge is 2.24. The number of aromatic nitrogens is 1. The highest BCUT2D eigenvalue weighted by atomic mass is 32.2. The van der Waals surface area contributed by atoms with Crippen LogP contribution in [0, 0.1) is 19.7 Å². The maximum atomic E-state index is 13.3. The number of pyridine rings is 1.